The van der Waals surface area contributed by atoms with Gasteiger partial charge in [0, 0.05) is 29.4 Å². The molecule has 1 aliphatic rings. The van der Waals surface area contributed by atoms with Crippen molar-refractivity contribution in [3.05, 3.63) is 112 Å². The maximum absolute atomic E-state index is 14.1. The van der Waals surface area contributed by atoms with Crippen molar-refractivity contribution in [1.82, 2.24) is 5.32 Å². The Bertz CT molecular complexity index is 1660. The highest BCUT2D eigenvalue weighted by Gasteiger charge is 2.47. The van der Waals surface area contributed by atoms with Crippen LogP contribution in [0, 0.1) is 17.2 Å². The lowest BCUT2D eigenvalue weighted by molar-refractivity contribution is -0.138. The zero-order valence-corrected chi connectivity index (χ0v) is 23.4. The van der Waals surface area contributed by atoms with Crippen LogP contribution in [-0.4, -0.2) is 30.7 Å². The Balaban J connectivity index is 1.80. The number of alkyl halides is 3. The van der Waals surface area contributed by atoms with Crippen LogP contribution in [0.5, 0.6) is 0 Å². The minimum atomic E-state index is -4.69. The Kier molecular flexibility index (Phi) is 8.80. The zero-order chi connectivity index (χ0) is 31.5. The Hall–Kier alpha value is -5.24. The number of carbonyl (C=O) groups is 4. The van der Waals surface area contributed by atoms with Crippen molar-refractivity contribution in [3.8, 4) is 6.07 Å². The van der Waals surface area contributed by atoms with Gasteiger partial charge in [0.25, 0.3) is 0 Å². The molecule has 3 aromatic rings. The molecular formula is C32H26F3N3O5. The molecule has 0 aliphatic carbocycles. The molecule has 1 N–H and O–H groups in total. The van der Waals surface area contributed by atoms with Gasteiger partial charge in [0.05, 0.1) is 29.9 Å². The molecule has 0 saturated carbocycles. The third-order valence-electron chi connectivity index (χ3n) is 7.19. The fourth-order valence-electron chi connectivity index (χ4n) is 5.14. The summed E-state index contributed by atoms with van der Waals surface area (Å²) in [5.74, 6) is -5.23. The van der Waals surface area contributed by atoms with Crippen LogP contribution in [0.4, 0.5) is 18.9 Å². The Morgan fingerprint density at radius 2 is 1.67 bits per heavy atom. The van der Waals surface area contributed by atoms with Crippen LogP contribution in [0.25, 0.3) is 0 Å². The van der Waals surface area contributed by atoms with E-state index in [9.17, 15) is 37.6 Å². The Labute approximate surface area is 245 Å². The molecule has 2 amide bonds. The molecule has 1 aliphatic heterocycles. The number of rotatable bonds is 7. The largest absolute Gasteiger partial charge is 0.465 e. The number of ketones is 1. The number of hydrogen-bond acceptors (Lipinski definition) is 6. The fraction of sp³-hybridized carbons (Fsp3) is 0.219. The van der Waals surface area contributed by atoms with Gasteiger partial charge in [-0.2, -0.15) is 18.4 Å². The number of halogens is 3. The minimum Gasteiger partial charge on any atom is -0.465 e. The summed E-state index contributed by atoms with van der Waals surface area (Å²) < 4.78 is 45.3. The van der Waals surface area contributed by atoms with Crippen molar-refractivity contribution in [2.45, 2.75) is 32.5 Å². The molecule has 11 heteroatoms. The van der Waals surface area contributed by atoms with Gasteiger partial charge in [-0.25, -0.2) is 4.79 Å². The summed E-state index contributed by atoms with van der Waals surface area (Å²) >= 11 is 0. The van der Waals surface area contributed by atoms with Gasteiger partial charge in [-0.15, -0.1) is 0 Å². The number of hydrogen-bond donors (Lipinski definition) is 1. The van der Waals surface area contributed by atoms with Crippen molar-refractivity contribution in [2.24, 2.45) is 5.92 Å². The third-order valence-corrected chi connectivity index (χ3v) is 7.19. The van der Waals surface area contributed by atoms with Crippen molar-refractivity contribution in [2.75, 3.05) is 12.0 Å². The molecule has 2 atom stereocenters. The summed E-state index contributed by atoms with van der Waals surface area (Å²) in [5, 5.41) is 11.9. The van der Waals surface area contributed by atoms with E-state index in [4.69, 9.17) is 0 Å². The van der Waals surface area contributed by atoms with Crippen LogP contribution in [0.1, 0.15) is 52.4 Å². The molecule has 0 fully saturated rings. The van der Waals surface area contributed by atoms with E-state index in [-0.39, 0.29) is 23.5 Å². The number of nitrogens with zero attached hydrogens (tertiary/aromatic N) is 2. The van der Waals surface area contributed by atoms with Gasteiger partial charge in [0.15, 0.2) is 5.78 Å². The average molecular weight is 590 g/mol. The molecule has 0 radical (unpaired) electrons. The van der Waals surface area contributed by atoms with Gasteiger partial charge in [-0.05, 0) is 67.4 Å². The summed E-state index contributed by atoms with van der Waals surface area (Å²) in [6, 6.07) is 18.3. The number of benzene rings is 3. The van der Waals surface area contributed by atoms with Crippen LogP contribution in [-0.2, 0) is 31.8 Å². The predicted molar refractivity (Wildman–Crippen MR) is 149 cm³/mol. The summed E-state index contributed by atoms with van der Waals surface area (Å²) in [7, 11) is 1.25. The first-order chi connectivity index (χ1) is 20.4. The van der Waals surface area contributed by atoms with E-state index in [2.05, 4.69) is 10.1 Å². The van der Waals surface area contributed by atoms with Crippen LogP contribution in [0.3, 0.4) is 0 Å². The molecular weight excluding hydrogens is 563 g/mol. The second kappa shape index (κ2) is 12.3. The van der Waals surface area contributed by atoms with E-state index >= 15 is 0 Å². The van der Waals surface area contributed by atoms with E-state index in [0.29, 0.717) is 22.3 Å². The highest BCUT2D eigenvalue weighted by molar-refractivity contribution is 6.15. The van der Waals surface area contributed by atoms with Gasteiger partial charge >= 0.3 is 12.1 Å². The van der Waals surface area contributed by atoms with Crippen molar-refractivity contribution >= 4 is 29.3 Å². The number of methoxy groups -OCH3 is 1. The van der Waals surface area contributed by atoms with E-state index in [0.717, 1.165) is 23.1 Å². The first-order valence-electron chi connectivity index (χ1n) is 13.0. The fourth-order valence-corrected chi connectivity index (χ4v) is 5.14. The normalized spacial score (nSPS) is 16.9. The molecule has 2 unspecified atom stereocenters. The number of ether oxygens (including phenoxy) is 1. The maximum Gasteiger partial charge on any atom is 0.416 e. The lowest BCUT2D eigenvalue weighted by Gasteiger charge is -2.39. The first-order valence-corrected chi connectivity index (χ1v) is 13.0. The molecule has 43 heavy (non-hydrogen) atoms. The van der Waals surface area contributed by atoms with Crippen LogP contribution in [0.2, 0.25) is 0 Å². The van der Waals surface area contributed by atoms with E-state index in [1.165, 1.54) is 51.3 Å². The smallest absolute Gasteiger partial charge is 0.416 e. The number of amides is 2. The van der Waals surface area contributed by atoms with E-state index in [1.54, 1.807) is 24.3 Å². The van der Waals surface area contributed by atoms with E-state index < -0.39 is 47.1 Å². The van der Waals surface area contributed by atoms with Gasteiger partial charge < -0.3 is 10.1 Å². The molecule has 3 aromatic carbocycles. The lowest BCUT2D eigenvalue weighted by Crippen LogP contribution is -2.50. The molecule has 0 saturated heterocycles. The van der Waals surface area contributed by atoms with Gasteiger partial charge in [-0.1, -0.05) is 30.3 Å². The Morgan fingerprint density at radius 3 is 2.23 bits per heavy atom. The molecule has 0 spiro atoms. The maximum atomic E-state index is 14.1. The van der Waals surface area contributed by atoms with Crippen LogP contribution < -0.4 is 10.2 Å². The van der Waals surface area contributed by atoms with Crippen molar-refractivity contribution in [1.29, 1.82) is 5.26 Å². The average Bonchev–Trinajstić information content (AvgIpc) is 2.99. The third kappa shape index (κ3) is 6.33. The second-order valence-corrected chi connectivity index (χ2v) is 9.87. The summed E-state index contributed by atoms with van der Waals surface area (Å²) in [6.07, 6.45) is -4.69. The number of nitriles is 1. The monoisotopic (exact) mass is 589 g/mol. The summed E-state index contributed by atoms with van der Waals surface area (Å²) in [5.41, 5.74) is 0.627. The number of esters is 1. The number of allylic oxidation sites excluding steroid dienone is 2. The Morgan fingerprint density at radius 1 is 1.02 bits per heavy atom. The zero-order valence-electron chi connectivity index (χ0n) is 23.4. The highest BCUT2D eigenvalue weighted by atomic mass is 19.4. The lowest BCUT2D eigenvalue weighted by atomic mass is 9.74. The first kappa shape index (κ1) is 30.7. The molecule has 0 bridgehead atoms. The van der Waals surface area contributed by atoms with Gasteiger partial charge in [0.2, 0.25) is 11.8 Å². The number of anilines is 1. The topological polar surface area (TPSA) is 117 Å². The quantitative estimate of drug-likeness (QED) is 0.296. The molecule has 220 valence electrons. The highest BCUT2D eigenvalue weighted by Crippen LogP contribution is 2.43. The summed E-state index contributed by atoms with van der Waals surface area (Å²) in [4.78, 5) is 53.7. The second-order valence-electron chi connectivity index (χ2n) is 9.87. The van der Waals surface area contributed by atoms with E-state index in [1.807, 2.05) is 6.07 Å². The van der Waals surface area contributed by atoms with Crippen LogP contribution >= 0.6 is 0 Å². The van der Waals surface area contributed by atoms with Gasteiger partial charge in [0.1, 0.15) is 5.92 Å². The SMILES string of the molecule is COC(=O)c1ccc(CNC(=O)C2C(=O)N(c3cccc(C(F)(F)F)c3)C(C)=C(C(C)=O)C2c2ccc(C#N)cc2)cc1. The van der Waals surface area contributed by atoms with Crippen LogP contribution in [0.15, 0.2) is 84.1 Å². The van der Waals surface area contributed by atoms with Gasteiger partial charge in [-0.3, -0.25) is 19.3 Å². The number of Topliss-reactive ketones (excluding diaryl/α,β-unsaturated/α-hetero) is 1. The van der Waals surface area contributed by atoms with Crippen molar-refractivity contribution in [3.63, 3.8) is 0 Å². The van der Waals surface area contributed by atoms with Crippen molar-refractivity contribution < 1.29 is 37.1 Å². The standard InChI is InChI=1S/C32H26F3N3O5/c1-18-26(19(2)39)27(22-11-7-20(16-36)8-12-22)28(29(40)37-17-21-9-13-23(14-10-21)31(42)43-3)30(41)38(18)25-6-4-5-24(15-25)32(33,34)35/h4-15,27-28H,17H2,1-3H3,(H,37,40). The minimum absolute atomic E-state index is 0.0498. The molecule has 0 aromatic heterocycles. The molecule has 4 rings (SSSR count). The molecule has 8 nitrogen and oxygen atoms in total. The predicted octanol–water partition coefficient (Wildman–Crippen LogP) is 5.29. The summed E-state index contributed by atoms with van der Waals surface area (Å²) in [6.45, 7) is 2.65. The number of nitrogens with one attached hydrogen (secondary N) is 1. The molecule has 1 heterocycles. The number of carbonyl (C=O) groups excluding carboxylic acids is 4.